The van der Waals surface area contributed by atoms with Gasteiger partial charge in [0.1, 0.15) is 17.8 Å². The summed E-state index contributed by atoms with van der Waals surface area (Å²) in [5.41, 5.74) is 2.40. The molecule has 1 aliphatic heterocycles. The monoisotopic (exact) mass is 396 g/mol. The molecule has 0 N–H and O–H groups in total. The second-order valence-electron chi connectivity index (χ2n) is 7.16. The summed E-state index contributed by atoms with van der Waals surface area (Å²) in [5.74, 6) is 1.65. The zero-order valence-electron chi connectivity index (χ0n) is 16.8. The Morgan fingerprint density at radius 3 is 2.69 bits per heavy atom. The number of amides is 1. The lowest BCUT2D eigenvalue weighted by molar-refractivity contribution is 0.0781. The Morgan fingerprint density at radius 1 is 1.24 bits per heavy atom. The van der Waals surface area contributed by atoms with Crippen molar-refractivity contribution in [1.29, 1.82) is 0 Å². The van der Waals surface area contributed by atoms with E-state index in [0.29, 0.717) is 30.4 Å². The minimum atomic E-state index is -0.131. The minimum absolute atomic E-state index is 0.131. The lowest BCUT2D eigenvalue weighted by Crippen LogP contribution is -2.29. The number of methoxy groups -OCH3 is 1. The predicted molar refractivity (Wildman–Crippen MR) is 105 cm³/mol. The highest BCUT2D eigenvalue weighted by molar-refractivity contribution is 5.92. The Bertz CT molecular complexity index is 993. The Kier molecular flexibility index (Phi) is 5.24. The molecule has 3 heterocycles. The lowest BCUT2D eigenvalue weighted by atomic mass is 10.2. The molecule has 4 rings (SSSR count). The molecule has 0 radical (unpaired) electrons. The number of aryl methyl sites for hydroxylation is 2. The average Bonchev–Trinajstić information content (AvgIpc) is 3.46. The van der Waals surface area contributed by atoms with Crippen molar-refractivity contribution in [3.05, 3.63) is 59.6 Å². The maximum Gasteiger partial charge on any atom is 0.275 e. The van der Waals surface area contributed by atoms with E-state index in [1.54, 1.807) is 24.1 Å². The number of carbonyl (C=O) groups is 1. The van der Waals surface area contributed by atoms with Crippen LogP contribution in [-0.4, -0.2) is 45.8 Å². The number of likely N-dealkylation sites (tertiary alicyclic amines) is 1. The molecule has 1 saturated heterocycles. The Hall–Kier alpha value is -3.29. The maximum absolute atomic E-state index is 12.8. The minimum Gasteiger partial charge on any atom is -0.497 e. The highest BCUT2D eigenvalue weighted by atomic mass is 16.5. The fourth-order valence-corrected chi connectivity index (χ4v) is 3.60. The van der Waals surface area contributed by atoms with E-state index in [1.165, 1.54) is 6.26 Å². The molecule has 152 valence electrons. The molecule has 8 nitrogen and oxygen atoms in total. The molecule has 0 unspecified atom stereocenters. The van der Waals surface area contributed by atoms with Crippen molar-refractivity contribution in [3.63, 3.8) is 0 Å². The van der Waals surface area contributed by atoms with Crippen molar-refractivity contribution in [2.75, 3.05) is 20.2 Å². The molecule has 0 bridgehead atoms. The number of oxazole rings is 1. The van der Waals surface area contributed by atoms with Gasteiger partial charge in [0, 0.05) is 18.8 Å². The van der Waals surface area contributed by atoms with E-state index in [2.05, 4.69) is 16.1 Å². The van der Waals surface area contributed by atoms with Crippen LogP contribution in [-0.2, 0) is 6.61 Å². The van der Waals surface area contributed by atoms with Crippen molar-refractivity contribution in [2.45, 2.75) is 32.9 Å². The number of nitrogens with zero attached hydrogens (tertiary/aromatic N) is 4. The van der Waals surface area contributed by atoms with Crippen molar-refractivity contribution >= 4 is 5.91 Å². The standard InChI is InChI=1S/C21H24N4O4/c1-14-10-15(2)25(23-14)16-8-9-24(11-16)21(26)19-12-29-20(22-19)13-28-18-6-4-17(27-3)5-7-18/h4-7,10,12,16H,8-9,11,13H2,1-3H3/t16-/m0/s1. The van der Waals surface area contributed by atoms with Crippen molar-refractivity contribution in [3.8, 4) is 11.5 Å². The molecule has 1 fully saturated rings. The molecular weight excluding hydrogens is 372 g/mol. The predicted octanol–water partition coefficient (Wildman–Crippen LogP) is 3.16. The van der Waals surface area contributed by atoms with Gasteiger partial charge in [-0.1, -0.05) is 0 Å². The van der Waals surface area contributed by atoms with Gasteiger partial charge < -0.3 is 18.8 Å². The van der Waals surface area contributed by atoms with Crippen LogP contribution in [0.1, 0.15) is 40.2 Å². The first-order chi connectivity index (χ1) is 14.0. The van der Waals surface area contributed by atoms with Gasteiger partial charge in [-0.3, -0.25) is 9.48 Å². The highest BCUT2D eigenvalue weighted by Gasteiger charge is 2.30. The van der Waals surface area contributed by atoms with Crippen LogP contribution in [0.25, 0.3) is 0 Å². The van der Waals surface area contributed by atoms with Gasteiger partial charge in [-0.2, -0.15) is 5.10 Å². The summed E-state index contributed by atoms with van der Waals surface area (Å²) in [6.07, 6.45) is 2.27. The van der Waals surface area contributed by atoms with Crippen molar-refractivity contribution in [2.24, 2.45) is 0 Å². The van der Waals surface area contributed by atoms with Crippen LogP contribution >= 0.6 is 0 Å². The van der Waals surface area contributed by atoms with Crippen LogP contribution in [0, 0.1) is 13.8 Å². The molecular formula is C21H24N4O4. The zero-order valence-corrected chi connectivity index (χ0v) is 16.8. The topological polar surface area (TPSA) is 82.6 Å². The molecule has 1 atom stereocenters. The molecule has 0 aliphatic carbocycles. The van der Waals surface area contributed by atoms with Crippen LogP contribution in [0.5, 0.6) is 11.5 Å². The number of benzene rings is 1. The molecule has 1 amide bonds. The van der Waals surface area contributed by atoms with E-state index < -0.39 is 0 Å². The van der Waals surface area contributed by atoms with Gasteiger partial charge in [-0.05, 0) is 50.6 Å². The molecule has 2 aromatic heterocycles. The van der Waals surface area contributed by atoms with Gasteiger partial charge in [0.05, 0.1) is 18.8 Å². The van der Waals surface area contributed by atoms with Gasteiger partial charge in [-0.25, -0.2) is 4.98 Å². The number of aromatic nitrogens is 3. The number of ether oxygens (including phenoxy) is 2. The molecule has 0 spiro atoms. The summed E-state index contributed by atoms with van der Waals surface area (Å²) >= 11 is 0. The molecule has 1 aliphatic rings. The SMILES string of the molecule is COc1ccc(OCc2nc(C(=O)N3CC[C@H](n4nc(C)cc4C)C3)co2)cc1. The summed E-state index contributed by atoms with van der Waals surface area (Å²) in [7, 11) is 1.61. The second kappa shape index (κ2) is 7.98. The van der Waals surface area contributed by atoms with Crippen LogP contribution in [0.2, 0.25) is 0 Å². The average molecular weight is 396 g/mol. The summed E-state index contributed by atoms with van der Waals surface area (Å²) < 4.78 is 18.2. The third kappa shape index (κ3) is 4.11. The molecule has 3 aromatic rings. The van der Waals surface area contributed by atoms with Gasteiger partial charge >= 0.3 is 0 Å². The normalized spacial score (nSPS) is 16.2. The van der Waals surface area contributed by atoms with Crippen molar-refractivity contribution in [1.82, 2.24) is 19.7 Å². The molecule has 0 saturated carbocycles. The van der Waals surface area contributed by atoms with E-state index in [0.717, 1.165) is 23.6 Å². The summed E-state index contributed by atoms with van der Waals surface area (Å²) in [6.45, 7) is 5.45. The lowest BCUT2D eigenvalue weighted by Gasteiger charge is -2.16. The smallest absolute Gasteiger partial charge is 0.275 e. The Labute approximate surface area is 169 Å². The van der Waals surface area contributed by atoms with Crippen molar-refractivity contribution < 1.29 is 18.7 Å². The van der Waals surface area contributed by atoms with Gasteiger partial charge in [0.15, 0.2) is 12.3 Å². The third-order valence-corrected chi connectivity index (χ3v) is 5.03. The van der Waals surface area contributed by atoms with Crippen LogP contribution in [0.15, 0.2) is 41.0 Å². The van der Waals surface area contributed by atoms with Gasteiger partial charge in [0.2, 0.25) is 5.89 Å². The third-order valence-electron chi connectivity index (χ3n) is 5.03. The van der Waals surface area contributed by atoms with Gasteiger partial charge in [0.25, 0.3) is 5.91 Å². The van der Waals surface area contributed by atoms with E-state index in [9.17, 15) is 4.79 Å². The van der Waals surface area contributed by atoms with Crippen LogP contribution < -0.4 is 9.47 Å². The van der Waals surface area contributed by atoms with Gasteiger partial charge in [-0.15, -0.1) is 0 Å². The number of hydrogen-bond acceptors (Lipinski definition) is 6. The molecule has 1 aromatic carbocycles. The second-order valence-corrected chi connectivity index (χ2v) is 7.16. The highest BCUT2D eigenvalue weighted by Crippen LogP contribution is 2.24. The zero-order chi connectivity index (χ0) is 20.4. The molecule has 8 heteroatoms. The van der Waals surface area contributed by atoms with Crippen LogP contribution in [0.3, 0.4) is 0 Å². The Balaban J connectivity index is 1.35. The Morgan fingerprint density at radius 2 is 2.00 bits per heavy atom. The van der Waals surface area contributed by atoms with E-state index >= 15 is 0 Å². The summed E-state index contributed by atoms with van der Waals surface area (Å²) in [4.78, 5) is 18.9. The largest absolute Gasteiger partial charge is 0.497 e. The fraction of sp³-hybridized carbons (Fsp3) is 0.381. The number of hydrogen-bond donors (Lipinski definition) is 0. The fourth-order valence-electron chi connectivity index (χ4n) is 3.60. The van der Waals surface area contributed by atoms with E-state index in [1.807, 2.05) is 30.7 Å². The van der Waals surface area contributed by atoms with E-state index in [-0.39, 0.29) is 18.6 Å². The molecule has 29 heavy (non-hydrogen) atoms. The van der Waals surface area contributed by atoms with E-state index in [4.69, 9.17) is 13.9 Å². The maximum atomic E-state index is 12.8. The first-order valence-electron chi connectivity index (χ1n) is 9.57. The quantitative estimate of drug-likeness (QED) is 0.637. The first kappa shape index (κ1) is 19.0. The first-order valence-corrected chi connectivity index (χ1v) is 9.57. The summed E-state index contributed by atoms with van der Waals surface area (Å²) in [6, 6.07) is 9.47. The van der Waals surface area contributed by atoms with Crippen LogP contribution in [0.4, 0.5) is 0 Å². The number of rotatable bonds is 6. The summed E-state index contributed by atoms with van der Waals surface area (Å²) in [5, 5.41) is 4.55. The number of carbonyl (C=O) groups excluding carboxylic acids is 1.